The number of amides is 2. The van der Waals surface area contributed by atoms with Crippen molar-refractivity contribution in [1.29, 1.82) is 0 Å². The number of piperidine rings is 1. The quantitative estimate of drug-likeness (QED) is 0.424. The fraction of sp³-hybridized carbons (Fsp3) is 0.321. The van der Waals surface area contributed by atoms with E-state index >= 15 is 0 Å². The van der Waals surface area contributed by atoms with Crippen molar-refractivity contribution in [3.8, 4) is 0 Å². The first-order chi connectivity index (χ1) is 17.9. The normalized spacial score (nSPS) is 16.2. The minimum atomic E-state index is -3.46. The second kappa shape index (κ2) is 12.6. The average Bonchev–Trinajstić information content (AvgIpc) is 2.93. The molecule has 0 aliphatic carbocycles. The highest BCUT2D eigenvalue weighted by molar-refractivity contribution is 7.89. The summed E-state index contributed by atoms with van der Waals surface area (Å²) in [7, 11) is -3.46. The molecule has 2 amide bonds. The number of hydrogen-bond acceptors (Lipinski definition) is 5. The lowest BCUT2D eigenvalue weighted by Crippen LogP contribution is -2.44. The molecule has 8 nitrogen and oxygen atoms in total. The molecule has 1 saturated heterocycles. The van der Waals surface area contributed by atoms with Gasteiger partial charge < -0.3 is 10.6 Å². The number of carbonyl (C=O) groups excluding carboxylic acids is 2. The monoisotopic (exact) mass is 520 g/mol. The van der Waals surface area contributed by atoms with Crippen LogP contribution in [0.5, 0.6) is 0 Å². The maximum absolute atomic E-state index is 13.1. The van der Waals surface area contributed by atoms with Gasteiger partial charge >= 0.3 is 0 Å². The minimum absolute atomic E-state index is 0.0518. The Hall–Kier alpha value is -3.56. The van der Waals surface area contributed by atoms with Gasteiger partial charge in [0.15, 0.2) is 0 Å². The summed E-state index contributed by atoms with van der Waals surface area (Å²) < 4.78 is 27.4. The third kappa shape index (κ3) is 7.47. The number of anilines is 1. The van der Waals surface area contributed by atoms with Crippen LogP contribution in [0.2, 0.25) is 0 Å². The standard InChI is InChI=1S/C28H32N4O4S/c33-27(31-26-15-5-4-14-25(26)28(34)30-20-23-11-6-16-29-19-23)24-13-7-17-32(21-24)37(35,36)18-8-12-22-9-2-1-3-10-22/h1-6,9-11,14-16,19,24H,7-8,12-13,17-18,20-21H2,(H,30,34)(H,31,33)/t24-/m1/s1. The van der Waals surface area contributed by atoms with E-state index in [4.69, 9.17) is 0 Å². The van der Waals surface area contributed by atoms with Crippen LogP contribution in [0.4, 0.5) is 5.69 Å². The molecule has 1 aliphatic rings. The first kappa shape index (κ1) is 26.5. The predicted octanol–water partition coefficient (Wildman–Crippen LogP) is 3.62. The van der Waals surface area contributed by atoms with Gasteiger partial charge in [0.05, 0.1) is 22.9 Å². The Morgan fingerprint density at radius 1 is 0.973 bits per heavy atom. The molecule has 0 bridgehead atoms. The van der Waals surface area contributed by atoms with Crippen LogP contribution in [0.25, 0.3) is 0 Å². The third-order valence-corrected chi connectivity index (χ3v) is 8.39. The van der Waals surface area contributed by atoms with Gasteiger partial charge in [-0.3, -0.25) is 14.6 Å². The average molecular weight is 521 g/mol. The zero-order valence-corrected chi connectivity index (χ0v) is 21.5. The van der Waals surface area contributed by atoms with Crippen LogP contribution < -0.4 is 10.6 Å². The number of aromatic nitrogens is 1. The van der Waals surface area contributed by atoms with Gasteiger partial charge in [-0.05, 0) is 55.0 Å². The summed E-state index contributed by atoms with van der Waals surface area (Å²) in [6.45, 7) is 0.883. The molecule has 1 fully saturated rings. The van der Waals surface area contributed by atoms with Gasteiger partial charge in [0.2, 0.25) is 15.9 Å². The molecule has 9 heteroatoms. The molecule has 4 rings (SSSR count). The number of hydrogen-bond donors (Lipinski definition) is 2. The molecule has 1 aliphatic heterocycles. The summed E-state index contributed by atoms with van der Waals surface area (Å²) in [5.74, 6) is -1.03. The lowest BCUT2D eigenvalue weighted by atomic mass is 9.98. The molecule has 194 valence electrons. The molecular formula is C28H32N4O4S. The molecule has 2 N–H and O–H groups in total. The van der Waals surface area contributed by atoms with Crippen molar-refractivity contribution in [2.45, 2.75) is 32.2 Å². The summed E-state index contributed by atoms with van der Waals surface area (Å²) in [6, 6.07) is 20.3. The molecule has 0 unspecified atom stereocenters. The van der Waals surface area contributed by atoms with Crippen LogP contribution in [-0.4, -0.2) is 48.4 Å². The van der Waals surface area contributed by atoms with Gasteiger partial charge in [-0.2, -0.15) is 0 Å². The molecule has 3 aromatic rings. The SMILES string of the molecule is O=C(NCc1cccnc1)c1ccccc1NC(=O)[C@@H]1CCCN(S(=O)(=O)CCCc2ccccc2)C1. The van der Waals surface area contributed by atoms with Crippen LogP contribution in [0.3, 0.4) is 0 Å². The van der Waals surface area contributed by atoms with Gasteiger partial charge in [-0.1, -0.05) is 48.5 Å². The molecule has 37 heavy (non-hydrogen) atoms. The first-order valence-corrected chi connectivity index (χ1v) is 14.1. The lowest BCUT2D eigenvalue weighted by Gasteiger charge is -2.31. The van der Waals surface area contributed by atoms with Gasteiger partial charge in [0.25, 0.3) is 5.91 Å². The molecule has 2 heterocycles. The van der Waals surface area contributed by atoms with Crippen LogP contribution in [-0.2, 0) is 27.8 Å². The highest BCUT2D eigenvalue weighted by Gasteiger charge is 2.32. The molecule has 0 saturated carbocycles. The summed E-state index contributed by atoms with van der Waals surface area (Å²) in [5, 5.41) is 5.71. The molecule has 1 aromatic heterocycles. The topological polar surface area (TPSA) is 108 Å². The van der Waals surface area contributed by atoms with E-state index in [1.54, 1.807) is 42.7 Å². The van der Waals surface area contributed by atoms with E-state index in [0.29, 0.717) is 50.0 Å². The van der Waals surface area contributed by atoms with E-state index < -0.39 is 15.9 Å². The number of sulfonamides is 1. The van der Waals surface area contributed by atoms with E-state index in [9.17, 15) is 18.0 Å². The number of aryl methyl sites for hydroxylation is 1. The summed E-state index contributed by atoms with van der Waals surface area (Å²) in [4.78, 5) is 30.0. The Balaban J connectivity index is 1.34. The fourth-order valence-electron chi connectivity index (χ4n) is 4.45. The molecule has 0 spiro atoms. The zero-order valence-electron chi connectivity index (χ0n) is 20.7. The zero-order chi connectivity index (χ0) is 26.1. The van der Waals surface area contributed by atoms with Crippen LogP contribution in [0.15, 0.2) is 79.1 Å². The van der Waals surface area contributed by atoms with Crippen molar-refractivity contribution in [3.63, 3.8) is 0 Å². The van der Waals surface area contributed by atoms with Crippen LogP contribution in [0, 0.1) is 5.92 Å². The highest BCUT2D eigenvalue weighted by atomic mass is 32.2. The van der Waals surface area contributed by atoms with Crippen LogP contribution in [0.1, 0.15) is 40.7 Å². The number of benzene rings is 2. The summed E-state index contributed by atoms with van der Waals surface area (Å²) in [5.41, 5.74) is 2.72. The Kier molecular flexibility index (Phi) is 9.03. The van der Waals surface area contributed by atoms with Crippen molar-refractivity contribution < 1.29 is 18.0 Å². The van der Waals surface area contributed by atoms with Crippen molar-refractivity contribution in [2.75, 3.05) is 24.2 Å². The van der Waals surface area contributed by atoms with Crippen molar-refractivity contribution in [2.24, 2.45) is 5.92 Å². The van der Waals surface area contributed by atoms with E-state index in [1.807, 2.05) is 36.4 Å². The maximum Gasteiger partial charge on any atom is 0.253 e. The van der Waals surface area contributed by atoms with Gasteiger partial charge in [-0.25, -0.2) is 12.7 Å². The number of para-hydroxylation sites is 1. The predicted molar refractivity (Wildman–Crippen MR) is 143 cm³/mol. The van der Waals surface area contributed by atoms with Crippen molar-refractivity contribution in [3.05, 3.63) is 95.8 Å². The number of nitrogens with zero attached hydrogens (tertiary/aromatic N) is 2. The van der Waals surface area contributed by atoms with E-state index in [1.165, 1.54) is 4.31 Å². The third-order valence-electron chi connectivity index (χ3n) is 6.46. The number of rotatable bonds is 10. The fourth-order valence-corrected chi connectivity index (χ4v) is 6.03. The Bertz CT molecular complexity index is 1300. The lowest BCUT2D eigenvalue weighted by molar-refractivity contribution is -0.120. The number of nitrogens with one attached hydrogen (secondary N) is 2. The van der Waals surface area contributed by atoms with Crippen molar-refractivity contribution in [1.82, 2.24) is 14.6 Å². The number of carbonyl (C=O) groups is 2. The smallest absolute Gasteiger partial charge is 0.253 e. The van der Waals surface area contributed by atoms with E-state index in [-0.39, 0.29) is 24.1 Å². The molecular weight excluding hydrogens is 488 g/mol. The summed E-state index contributed by atoms with van der Waals surface area (Å²) >= 11 is 0. The number of pyridine rings is 1. The largest absolute Gasteiger partial charge is 0.348 e. The summed E-state index contributed by atoms with van der Waals surface area (Å²) in [6.07, 6.45) is 5.77. The Morgan fingerprint density at radius 3 is 2.51 bits per heavy atom. The maximum atomic E-state index is 13.1. The van der Waals surface area contributed by atoms with Crippen molar-refractivity contribution >= 4 is 27.5 Å². The second-order valence-electron chi connectivity index (χ2n) is 9.18. The van der Waals surface area contributed by atoms with Gasteiger partial charge in [-0.15, -0.1) is 0 Å². The first-order valence-electron chi connectivity index (χ1n) is 12.5. The van der Waals surface area contributed by atoms with E-state index in [2.05, 4.69) is 15.6 Å². The van der Waals surface area contributed by atoms with Gasteiger partial charge in [0, 0.05) is 32.0 Å². The molecule has 2 aromatic carbocycles. The molecule has 1 atom stereocenters. The minimum Gasteiger partial charge on any atom is -0.348 e. The molecule has 0 radical (unpaired) electrons. The highest BCUT2D eigenvalue weighted by Crippen LogP contribution is 2.23. The Labute approximate surface area is 218 Å². The van der Waals surface area contributed by atoms with Gasteiger partial charge in [0.1, 0.15) is 0 Å². The van der Waals surface area contributed by atoms with Crippen LogP contribution >= 0.6 is 0 Å². The van der Waals surface area contributed by atoms with E-state index in [0.717, 1.165) is 11.1 Å². The Morgan fingerprint density at radius 2 is 1.73 bits per heavy atom. The second-order valence-corrected chi connectivity index (χ2v) is 11.3.